The molecule has 0 saturated heterocycles. The van der Waals surface area contributed by atoms with Crippen LogP contribution in [0.3, 0.4) is 0 Å². The van der Waals surface area contributed by atoms with E-state index in [1.54, 1.807) is 6.07 Å². The lowest BCUT2D eigenvalue weighted by Crippen LogP contribution is -2.27. The number of aromatic nitrogens is 1. The topological polar surface area (TPSA) is 81.3 Å². The zero-order valence-electron chi connectivity index (χ0n) is 10.1. The summed E-state index contributed by atoms with van der Waals surface area (Å²) in [6.45, 7) is 0. The number of rotatable bonds is 0. The summed E-state index contributed by atoms with van der Waals surface area (Å²) in [4.78, 5) is 0. The number of hydrogen-bond donors (Lipinski definition) is 1. The van der Waals surface area contributed by atoms with E-state index in [2.05, 4.69) is 0 Å². The summed E-state index contributed by atoms with van der Waals surface area (Å²) in [5.74, 6) is 0.329. The minimum absolute atomic E-state index is 0.329. The van der Waals surface area contributed by atoms with E-state index in [-0.39, 0.29) is 0 Å². The molecule has 0 saturated carbocycles. The van der Waals surface area contributed by atoms with Crippen LogP contribution >= 0.6 is 0 Å². The average molecular weight is 309 g/mol. The van der Waals surface area contributed by atoms with Crippen molar-refractivity contribution >= 4 is 21.0 Å². The molecule has 20 heavy (non-hydrogen) atoms. The van der Waals surface area contributed by atoms with Gasteiger partial charge in [-0.05, 0) is 18.2 Å². The molecule has 0 bridgehead atoms. The Bertz CT molecular complexity index is 676. The SMILES string of the molecule is C[n+]1cccc2cccc(O)c21.O=S(=O)([O-])C(F)(F)F. The third-order valence-electron chi connectivity index (χ3n) is 2.27. The van der Waals surface area contributed by atoms with Gasteiger partial charge in [-0.25, -0.2) is 8.42 Å². The third kappa shape index (κ3) is 3.81. The number of pyridine rings is 1. The molecule has 0 radical (unpaired) electrons. The van der Waals surface area contributed by atoms with Crippen LogP contribution in [-0.2, 0) is 17.2 Å². The maximum atomic E-state index is 10.7. The van der Waals surface area contributed by atoms with E-state index in [1.807, 2.05) is 42.1 Å². The van der Waals surface area contributed by atoms with Gasteiger partial charge < -0.3 is 9.66 Å². The Hall–Kier alpha value is -1.87. The highest BCUT2D eigenvalue weighted by Crippen LogP contribution is 2.20. The monoisotopic (exact) mass is 309 g/mol. The summed E-state index contributed by atoms with van der Waals surface area (Å²) in [5, 5.41) is 10.6. The summed E-state index contributed by atoms with van der Waals surface area (Å²) >= 11 is 0. The highest BCUT2D eigenvalue weighted by Gasteiger charge is 2.36. The van der Waals surface area contributed by atoms with Crippen LogP contribution in [0.15, 0.2) is 36.5 Å². The number of benzene rings is 1. The number of aromatic hydroxyl groups is 1. The van der Waals surface area contributed by atoms with Crippen molar-refractivity contribution in [2.24, 2.45) is 7.05 Å². The van der Waals surface area contributed by atoms with Crippen molar-refractivity contribution in [3.8, 4) is 5.75 Å². The largest absolute Gasteiger partial charge is 0.741 e. The molecule has 1 N–H and O–H groups in total. The molecule has 0 unspecified atom stereocenters. The van der Waals surface area contributed by atoms with Gasteiger partial charge in [-0.1, -0.05) is 6.07 Å². The first-order valence-electron chi connectivity index (χ1n) is 5.12. The molecule has 1 aromatic carbocycles. The maximum absolute atomic E-state index is 10.7. The lowest BCUT2D eigenvalue weighted by Gasteiger charge is -2.08. The summed E-state index contributed by atoms with van der Waals surface area (Å²) < 4.78 is 60.8. The van der Waals surface area contributed by atoms with E-state index >= 15 is 0 Å². The number of phenols is 1. The molecule has 0 aliphatic rings. The van der Waals surface area contributed by atoms with Crippen molar-refractivity contribution in [3.05, 3.63) is 36.5 Å². The van der Waals surface area contributed by atoms with Gasteiger partial charge in [-0.3, -0.25) is 0 Å². The fourth-order valence-electron chi connectivity index (χ4n) is 1.42. The first-order valence-corrected chi connectivity index (χ1v) is 6.53. The van der Waals surface area contributed by atoms with E-state index in [4.69, 9.17) is 13.0 Å². The van der Waals surface area contributed by atoms with E-state index in [0.29, 0.717) is 5.75 Å². The number of nitrogens with zero attached hydrogens (tertiary/aromatic N) is 1. The van der Waals surface area contributed by atoms with Crippen LogP contribution in [0.25, 0.3) is 10.9 Å². The van der Waals surface area contributed by atoms with Crippen LogP contribution in [0, 0.1) is 0 Å². The lowest BCUT2D eigenvalue weighted by molar-refractivity contribution is -0.645. The minimum Gasteiger partial charge on any atom is -0.741 e. The van der Waals surface area contributed by atoms with Gasteiger partial charge in [0.25, 0.3) is 5.52 Å². The van der Waals surface area contributed by atoms with Crippen molar-refractivity contribution < 1.29 is 35.8 Å². The Kier molecular flexibility index (Phi) is 4.56. The summed E-state index contributed by atoms with van der Waals surface area (Å²) in [7, 11) is -4.17. The Morgan fingerprint density at radius 1 is 1.20 bits per heavy atom. The van der Waals surface area contributed by atoms with Crippen LogP contribution < -0.4 is 4.57 Å². The van der Waals surface area contributed by atoms with E-state index in [1.165, 1.54) is 0 Å². The third-order valence-corrected chi connectivity index (χ3v) is 2.83. The van der Waals surface area contributed by atoms with Crippen LogP contribution in [0.4, 0.5) is 13.2 Å². The first kappa shape index (κ1) is 16.2. The second-order valence-electron chi connectivity index (χ2n) is 3.73. The van der Waals surface area contributed by atoms with E-state index in [9.17, 15) is 18.3 Å². The number of para-hydroxylation sites is 1. The summed E-state index contributed by atoms with van der Waals surface area (Å²) in [6.07, 6.45) is 1.92. The maximum Gasteiger partial charge on any atom is 0.485 e. The molecule has 5 nitrogen and oxygen atoms in total. The molecule has 0 aliphatic heterocycles. The molecule has 9 heteroatoms. The number of fused-ring (bicyclic) bond motifs is 1. The Morgan fingerprint density at radius 2 is 1.70 bits per heavy atom. The standard InChI is InChI=1S/C10H9NO.CHF3O3S/c1-11-7-3-5-8-4-2-6-9(12)10(8)11;2-1(3,4)8(5,6)7/h2-7H,1H3;(H,5,6,7). The van der Waals surface area contributed by atoms with Gasteiger partial charge >= 0.3 is 5.51 Å². The molecule has 0 aliphatic carbocycles. The molecular weight excluding hydrogens is 299 g/mol. The van der Waals surface area contributed by atoms with Gasteiger partial charge in [0, 0.05) is 6.07 Å². The van der Waals surface area contributed by atoms with Crippen molar-refractivity contribution in [1.29, 1.82) is 0 Å². The highest BCUT2D eigenvalue weighted by atomic mass is 32.2. The van der Waals surface area contributed by atoms with Crippen molar-refractivity contribution in [2.75, 3.05) is 0 Å². The molecular formula is C11H10F3NO4S. The van der Waals surface area contributed by atoms with E-state index in [0.717, 1.165) is 10.9 Å². The summed E-state index contributed by atoms with van der Waals surface area (Å²) in [5.41, 5.74) is -4.77. The number of phenolic OH excluding ortho intramolecular Hbond substituents is 1. The number of hydrogen-bond acceptors (Lipinski definition) is 4. The number of aryl methyl sites for hydroxylation is 1. The normalized spacial score (nSPS) is 11.8. The fourth-order valence-corrected chi connectivity index (χ4v) is 1.42. The Labute approximate surface area is 112 Å². The van der Waals surface area contributed by atoms with Crippen LogP contribution in [-0.4, -0.2) is 23.6 Å². The van der Waals surface area contributed by atoms with Gasteiger partial charge in [0.2, 0.25) is 0 Å². The zero-order valence-corrected chi connectivity index (χ0v) is 10.9. The smallest absolute Gasteiger partial charge is 0.485 e. The van der Waals surface area contributed by atoms with Gasteiger partial charge in [0.1, 0.15) is 7.05 Å². The highest BCUT2D eigenvalue weighted by molar-refractivity contribution is 7.86. The molecule has 0 fully saturated rings. The van der Waals surface area contributed by atoms with Crippen molar-refractivity contribution in [2.45, 2.75) is 5.51 Å². The quantitative estimate of drug-likeness (QED) is 0.453. The molecule has 2 rings (SSSR count). The zero-order chi connectivity index (χ0) is 15.6. The predicted octanol–water partition coefficient (Wildman–Crippen LogP) is 1.42. The molecule has 0 amide bonds. The van der Waals surface area contributed by atoms with Gasteiger partial charge in [0.15, 0.2) is 22.1 Å². The fraction of sp³-hybridized carbons (Fsp3) is 0.182. The molecule has 2 aromatic rings. The number of halogens is 3. The average Bonchev–Trinajstić information content (AvgIpc) is 2.27. The Balaban J connectivity index is 0.000000221. The minimum atomic E-state index is -6.09. The second kappa shape index (κ2) is 5.63. The van der Waals surface area contributed by atoms with Crippen LogP contribution in [0.1, 0.15) is 0 Å². The van der Waals surface area contributed by atoms with Crippen LogP contribution in [0.2, 0.25) is 0 Å². The Morgan fingerprint density at radius 3 is 2.15 bits per heavy atom. The molecule has 1 aromatic heterocycles. The van der Waals surface area contributed by atoms with E-state index < -0.39 is 15.6 Å². The first-order chi connectivity index (χ1) is 9.04. The van der Waals surface area contributed by atoms with Crippen molar-refractivity contribution in [1.82, 2.24) is 0 Å². The lowest BCUT2D eigenvalue weighted by atomic mass is 10.2. The van der Waals surface area contributed by atoms with Gasteiger partial charge in [-0.15, -0.1) is 0 Å². The summed E-state index contributed by atoms with van der Waals surface area (Å²) in [6, 6.07) is 9.46. The van der Waals surface area contributed by atoms with Gasteiger partial charge in [-0.2, -0.15) is 17.7 Å². The molecule has 1 heterocycles. The van der Waals surface area contributed by atoms with Gasteiger partial charge in [0.05, 0.1) is 5.39 Å². The molecule has 0 spiro atoms. The number of alkyl halides is 3. The van der Waals surface area contributed by atoms with Crippen LogP contribution in [0.5, 0.6) is 5.75 Å². The predicted molar refractivity (Wildman–Crippen MR) is 62.5 cm³/mol. The molecule has 0 atom stereocenters. The molecule has 110 valence electrons. The second-order valence-corrected chi connectivity index (χ2v) is 5.11. The van der Waals surface area contributed by atoms with Crippen molar-refractivity contribution in [3.63, 3.8) is 0 Å².